The average molecular weight is 417 g/mol. The van der Waals surface area contributed by atoms with Crippen LogP contribution in [-0.4, -0.2) is 23.0 Å². The standard InChI is InChI=1S/C24H33ClN2S/c25-16-22-10-17-11-23(13-22,18-4-2-1-3-5-18)15-24(12-17,14-22)21(28)27-20-8-6-19(26)7-9-20/h1-5,17,19-20H,6-16,26H2,(H,27,28). The van der Waals surface area contributed by atoms with E-state index in [-0.39, 0.29) is 16.2 Å². The molecule has 2 nitrogen and oxygen atoms in total. The predicted octanol–water partition coefficient (Wildman–Crippen LogP) is 5.32. The van der Waals surface area contributed by atoms with Crippen molar-refractivity contribution in [2.75, 3.05) is 5.88 Å². The van der Waals surface area contributed by atoms with Gasteiger partial charge in [0.25, 0.3) is 0 Å². The highest BCUT2D eigenvalue weighted by atomic mass is 35.5. The van der Waals surface area contributed by atoms with Gasteiger partial charge in [-0.1, -0.05) is 42.5 Å². The first-order chi connectivity index (χ1) is 13.5. The maximum atomic E-state index is 6.67. The van der Waals surface area contributed by atoms with Gasteiger partial charge in [0.15, 0.2) is 0 Å². The van der Waals surface area contributed by atoms with E-state index < -0.39 is 0 Å². The fourth-order valence-electron chi connectivity index (χ4n) is 7.76. The van der Waals surface area contributed by atoms with E-state index >= 15 is 0 Å². The van der Waals surface area contributed by atoms with Gasteiger partial charge in [0.2, 0.25) is 0 Å². The minimum Gasteiger partial charge on any atom is -0.376 e. The first-order valence-electron chi connectivity index (χ1n) is 11.1. The molecule has 0 heterocycles. The fourth-order valence-corrected chi connectivity index (χ4v) is 8.45. The molecule has 6 rings (SSSR count). The van der Waals surface area contributed by atoms with Crippen molar-refractivity contribution < 1.29 is 0 Å². The Morgan fingerprint density at radius 1 is 1.04 bits per heavy atom. The molecule has 0 radical (unpaired) electrons. The lowest BCUT2D eigenvalue weighted by Gasteiger charge is -2.67. The molecule has 0 aliphatic heterocycles. The zero-order valence-electron chi connectivity index (χ0n) is 16.8. The van der Waals surface area contributed by atoms with Crippen molar-refractivity contribution in [3.8, 4) is 0 Å². The quantitative estimate of drug-likeness (QED) is 0.515. The summed E-state index contributed by atoms with van der Waals surface area (Å²) >= 11 is 12.8. The van der Waals surface area contributed by atoms with E-state index in [4.69, 9.17) is 29.6 Å². The summed E-state index contributed by atoms with van der Waals surface area (Å²) in [5.74, 6) is 1.54. The molecule has 0 amide bonds. The second-order valence-corrected chi connectivity index (χ2v) is 11.3. The maximum absolute atomic E-state index is 6.67. The Morgan fingerprint density at radius 2 is 1.79 bits per heavy atom. The van der Waals surface area contributed by atoms with E-state index in [0.29, 0.717) is 12.1 Å². The number of hydrogen-bond donors (Lipinski definition) is 2. The number of benzene rings is 1. The van der Waals surface area contributed by atoms with Crippen LogP contribution in [0.3, 0.4) is 0 Å². The molecule has 152 valence electrons. The minimum atomic E-state index is 0.138. The van der Waals surface area contributed by atoms with Crippen LogP contribution >= 0.6 is 23.8 Å². The van der Waals surface area contributed by atoms with Crippen molar-refractivity contribution in [1.29, 1.82) is 0 Å². The van der Waals surface area contributed by atoms with Gasteiger partial charge in [0.05, 0.1) is 4.99 Å². The van der Waals surface area contributed by atoms with Gasteiger partial charge in [0.1, 0.15) is 0 Å². The van der Waals surface area contributed by atoms with E-state index in [0.717, 1.165) is 42.5 Å². The van der Waals surface area contributed by atoms with Gasteiger partial charge < -0.3 is 11.1 Å². The molecule has 4 heteroatoms. The van der Waals surface area contributed by atoms with E-state index in [1.807, 2.05) is 0 Å². The third-order valence-electron chi connectivity index (χ3n) is 8.44. The van der Waals surface area contributed by atoms with Crippen LogP contribution in [-0.2, 0) is 5.41 Å². The molecule has 4 atom stereocenters. The summed E-state index contributed by atoms with van der Waals surface area (Å²) in [4.78, 5) is 1.15. The van der Waals surface area contributed by atoms with Crippen LogP contribution in [0.1, 0.15) is 69.8 Å². The van der Waals surface area contributed by atoms with Gasteiger partial charge in [0, 0.05) is 23.4 Å². The summed E-state index contributed by atoms with van der Waals surface area (Å²) in [5.41, 5.74) is 8.29. The first-order valence-corrected chi connectivity index (χ1v) is 12.1. The molecule has 1 aromatic carbocycles. The maximum Gasteiger partial charge on any atom is 0.0818 e. The number of alkyl halides is 1. The van der Waals surface area contributed by atoms with Gasteiger partial charge in [-0.05, 0) is 86.5 Å². The lowest BCUT2D eigenvalue weighted by Crippen LogP contribution is -2.63. The normalized spacial score (nSPS) is 44.4. The van der Waals surface area contributed by atoms with Crippen LogP contribution in [0.4, 0.5) is 0 Å². The molecule has 28 heavy (non-hydrogen) atoms. The van der Waals surface area contributed by atoms with Crippen molar-refractivity contribution >= 4 is 28.8 Å². The molecule has 3 N–H and O–H groups in total. The molecule has 5 aliphatic carbocycles. The summed E-state index contributed by atoms with van der Waals surface area (Å²) in [6.07, 6.45) is 12.1. The molecule has 5 saturated carbocycles. The van der Waals surface area contributed by atoms with Gasteiger partial charge >= 0.3 is 0 Å². The topological polar surface area (TPSA) is 38.0 Å². The van der Waals surface area contributed by atoms with E-state index in [1.54, 1.807) is 0 Å². The molecule has 1 aromatic rings. The van der Waals surface area contributed by atoms with Crippen molar-refractivity contribution in [2.24, 2.45) is 22.5 Å². The Balaban J connectivity index is 1.45. The van der Waals surface area contributed by atoms with Crippen molar-refractivity contribution in [3.05, 3.63) is 35.9 Å². The fraction of sp³-hybridized carbons (Fsp3) is 0.708. The monoisotopic (exact) mass is 416 g/mol. The van der Waals surface area contributed by atoms with Crippen LogP contribution in [0.5, 0.6) is 0 Å². The van der Waals surface area contributed by atoms with Gasteiger partial charge in [-0.2, -0.15) is 0 Å². The van der Waals surface area contributed by atoms with E-state index in [9.17, 15) is 0 Å². The smallest absolute Gasteiger partial charge is 0.0818 e. The number of halogens is 1. The third-order valence-corrected chi connectivity index (χ3v) is 9.56. The SMILES string of the molecule is NC1CCC(NC(=S)C23CC4CC(CCl)(C2)CC(c2ccccc2)(C4)C3)CC1. The summed E-state index contributed by atoms with van der Waals surface area (Å²) in [6.45, 7) is 0. The molecule has 5 fully saturated rings. The van der Waals surface area contributed by atoms with Crippen molar-refractivity contribution in [2.45, 2.75) is 81.7 Å². The number of hydrogen-bond acceptors (Lipinski definition) is 2. The molecule has 5 aliphatic rings. The van der Waals surface area contributed by atoms with Crippen LogP contribution in [0.15, 0.2) is 30.3 Å². The molecule has 0 spiro atoms. The Labute approximate surface area is 180 Å². The number of nitrogens with two attached hydrogens (primary N) is 1. The number of nitrogens with one attached hydrogen (secondary N) is 1. The second kappa shape index (κ2) is 6.96. The molecule has 4 bridgehead atoms. The van der Waals surface area contributed by atoms with Gasteiger partial charge in [-0.25, -0.2) is 0 Å². The Hall–Kier alpha value is -0.640. The predicted molar refractivity (Wildman–Crippen MR) is 121 cm³/mol. The summed E-state index contributed by atoms with van der Waals surface area (Å²) in [5, 5.41) is 3.84. The Bertz CT molecular complexity index is 746. The molecule has 0 aromatic heterocycles. The third kappa shape index (κ3) is 3.13. The summed E-state index contributed by atoms with van der Waals surface area (Å²) in [6, 6.07) is 12.1. The summed E-state index contributed by atoms with van der Waals surface area (Å²) in [7, 11) is 0. The highest BCUT2D eigenvalue weighted by Gasteiger charge is 2.64. The largest absolute Gasteiger partial charge is 0.376 e. The Morgan fingerprint density at radius 3 is 2.50 bits per heavy atom. The van der Waals surface area contributed by atoms with Gasteiger partial charge in [-0.3, -0.25) is 0 Å². The summed E-state index contributed by atoms with van der Waals surface area (Å²) < 4.78 is 0. The Kier molecular flexibility index (Phi) is 4.80. The molecule has 4 unspecified atom stereocenters. The second-order valence-electron chi connectivity index (χ2n) is 10.7. The van der Waals surface area contributed by atoms with Crippen LogP contribution in [0, 0.1) is 16.7 Å². The molecular formula is C24H33ClN2S. The molecular weight excluding hydrogens is 384 g/mol. The number of thiocarbonyl (C=S) groups is 1. The zero-order valence-corrected chi connectivity index (χ0v) is 18.3. The van der Waals surface area contributed by atoms with Crippen molar-refractivity contribution in [1.82, 2.24) is 5.32 Å². The van der Waals surface area contributed by atoms with Crippen LogP contribution < -0.4 is 11.1 Å². The zero-order chi connectivity index (χ0) is 19.4. The average Bonchev–Trinajstić information content (AvgIpc) is 2.69. The lowest BCUT2D eigenvalue weighted by molar-refractivity contribution is -0.0855. The first kappa shape index (κ1) is 19.3. The lowest BCUT2D eigenvalue weighted by atomic mass is 9.38. The highest BCUT2D eigenvalue weighted by Crippen LogP contribution is 2.70. The van der Waals surface area contributed by atoms with Crippen LogP contribution in [0.25, 0.3) is 0 Å². The van der Waals surface area contributed by atoms with E-state index in [2.05, 4.69) is 35.6 Å². The minimum absolute atomic E-state index is 0.138. The van der Waals surface area contributed by atoms with Gasteiger partial charge in [-0.15, -0.1) is 11.6 Å². The van der Waals surface area contributed by atoms with Crippen LogP contribution in [0.2, 0.25) is 0 Å². The highest BCUT2D eigenvalue weighted by molar-refractivity contribution is 7.80. The van der Waals surface area contributed by atoms with E-state index in [1.165, 1.54) is 44.1 Å². The number of rotatable bonds is 4. The van der Waals surface area contributed by atoms with Crippen molar-refractivity contribution in [3.63, 3.8) is 0 Å². The molecule has 0 saturated heterocycles.